The molecule has 0 aromatic heterocycles. The number of benzene rings is 2. The Hall–Kier alpha value is -1.12. The second-order valence-corrected chi connectivity index (χ2v) is 9.47. The molecule has 138 valence electrons. The SMILES string of the molecule is O=C(Nc1ccc(Br)cc1Cl)c1ccc(Cl)c(S(=O)(=O)N2CCCC2)c1. The first kappa shape index (κ1) is 19.6. The second kappa shape index (κ2) is 7.86. The Bertz CT molecular complexity index is 960. The molecule has 1 heterocycles. The van der Waals surface area contributed by atoms with Gasteiger partial charge in [-0.1, -0.05) is 39.1 Å². The molecule has 0 aliphatic carbocycles. The van der Waals surface area contributed by atoms with Crippen molar-refractivity contribution in [1.29, 1.82) is 0 Å². The molecule has 1 aliphatic heterocycles. The van der Waals surface area contributed by atoms with Crippen LogP contribution in [0.1, 0.15) is 23.2 Å². The predicted molar refractivity (Wildman–Crippen MR) is 107 cm³/mol. The number of rotatable bonds is 4. The van der Waals surface area contributed by atoms with Crippen molar-refractivity contribution in [2.45, 2.75) is 17.7 Å². The quantitative estimate of drug-likeness (QED) is 0.688. The first-order chi connectivity index (χ1) is 12.3. The number of anilines is 1. The van der Waals surface area contributed by atoms with E-state index in [1.807, 2.05) is 0 Å². The lowest BCUT2D eigenvalue weighted by Gasteiger charge is -2.17. The van der Waals surface area contributed by atoms with Crippen LogP contribution < -0.4 is 5.32 Å². The number of hydrogen-bond acceptors (Lipinski definition) is 3. The number of nitrogens with zero attached hydrogens (tertiary/aromatic N) is 1. The van der Waals surface area contributed by atoms with Gasteiger partial charge in [0.15, 0.2) is 0 Å². The molecule has 9 heteroatoms. The predicted octanol–water partition coefficient (Wildman–Crippen LogP) is 4.79. The second-order valence-electron chi connectivity index (χ2n) is 5.83. The van der Waals surface area contributed by atoms with Crippen LogP contribution in [0, 0.1) is 0 Å². The minimum absolute atomic E-state index is 0.0596. The third kappa shape index (κ3) is 4.07. The molecule has 2 aromatic carbocycles. The summed E-state index contributed by atoms with van der Waals surface area (Å²) in [7, 11) is -3.72. The molecular weight excluding hydrogens is 463 g/mol. The van der Waals surface area contributed by atoms with Gasteiger partial charge >= 0.3 is 0 Å². The first-order valence-corrected chi connectivity index (χ1v) is 10.8. The minimum Gasteiger partial charge on any atom is -0.321 e. The van der Waals surface area contributed by atoms with Gasteiger partial charge < -0.3 is 5.32 Å². The lowest BCUT2D eigenvalue weighted by molar-refractivity contribution is 0.102. The molecule has 3 rings (SSSR count). The largest absolute Gasteiger partial charge is 0.321 e. The molecule has 0 saturated carbocycles. The summed E-state index contributed by atoms with van der Waals surface area (Å²) in [6, 6.07) is 9.26. The van der Waals surface area contributed by atoms with Crippen molar-refractivity contribution >= 4 is 60.7 Å². The van der Waals surface area contributed by atoms with Crippen molar-refractivity contribution in [2.24, 2.45) is 0 Å². The summed E-state index contributed by atoms with van der Waals surface area (Å²) >= 11 is 15.5. The zero-order valence-electron chi connectivity index (χ0n) is 13.5. The fraction of sp³-hybridized carbons (Fsp3) is 0.235. The van der Waals surface area contributed by atoms with Crippen molar-refractivity contribution in [3.8, 4) is 0 Å². The summed E-state index contributed by atoms with van der Waals surface area (Å²) in [5.74, 6) is -0.469. The van der Waals surface area contributed by atoms with Crippen LogP contribution in [0.2, 0.25) is 10.0 Å². The van der Waals surface area contributed by atoms with Gasteiger partial charge in [0.2, 0.25) is 10.0 Å². The highest BCUT2D eigenvalue weighted by Gasteiger charge is 2.29. The zero-order valence-corrected chi connectivity index (χ0v) is 17.4. The lowest BCUT2D eigenvalue weighted by Crippen LogP contribution is -2.28. The van der Waals surface area contributed by atoms with Crippen LogP contribution >= 0.6 is 39.1 Å². The van der Waals surface area contributed by atoms with Gasteiger partial charge in [-0.05, 0) is 49.2 Å². The topological polar surface area (TPSA) is 66.5 Å². The summed E-state index contributed by atoms with van der Waals surface area (Å²) in [6.45, 7) is 0.924. The number of nitrogens with one attached hydrogen (secondary N) is 1. The molecular formula is C17H15BrCl2N2O3S. The third-order valence-corrected chi connectivity index (χ3v) is 7.24. The fourth-order valence-corrected chi connectivity index (χ4v) is 5.43. The number of carbonyl (C=O) groups is 1. The van der Waals surface area contributed by atoms with Crippen LogP contribution in [0.4, 0.5) is 5.69 Å². The van der Waals surface area contributed by atoms with E-state index in [-0.39, 0.29) is 15.5 Å². The zero-order chi connectivity index (χ0) is 18.9. The van der Waals surface area contributed by atoms with Crippen molar-refractivity contribution in [3.63, 3.8) is 0 Å². The van der Waals surface area contributed by atoms with Crippen LogP contribution in [0.15, 0.2) is 45.8 Å². The standard InChI is InChI=1S/C17H15BrCl2N2O3S/c18-12-4-6-15(14(20)10-12)21-17(23)11-3-5-13(19)16(9-11)26(24,25)22-7-1-2-8-22/h3-6,9-10H,1-2,7-8H2,(H,21,23). The average Bonchev–Trinajstić information content (AvgIpc) is 3.13. The smallest absolute Gasteiger partial charge is 0.255 e. The molecule has 26 heavy (non-hydrogen) atoms. The highest BCUT2D eigenvalue weighted by molar-refractivity contribution is 9.10. The highest BCUT2D eigenvalue weighted by Crippen LogP contribution is 2.29. The van der Waals surface area contributed by atoms with Gasteiger partial charge in [-0.3, -0.25) is 4.79 Å². The van der Waals surface area contributed by atoms with Gasteiger partial charge in [0, 0.05) is 23.1 Å². The Labute approximate surface area is 170 Å². The molecule has 0 spiro atoms. The van der Waals surface area contributed by atoms with Crippen LogP contribution in [0.25, 0.3) is 0 Å². The van der Waals surface area contributed by atoms with E-state index in [1.54, 1.807) is 18.2 Å². The van der Waals surface area contributed by atoms with Gasteiger partial charge in [0.1, 0.15) is 4.90 Å². The molecule has 5 nitrogen and oxygen atoms in total. The van der Waals surface area contributed by atoms with Crippen LogP contribution in [-0.2, 0) is 10.0 Å². The van der Waals surface area contributed by atoms with Crippen molar-refractivity contribution in [1.82, 2.24) is 4.31 Å². The fourth-order valence-electron chi connectivity index (χ4n) is 2.70. The Morgan fingerprint density at radius 1 is 1.04 bits per heavy atom. The molecule has 1 amide bonds. The van der Waals surface area contributed by atoms with Crippen molar-refractivity contribution < 1.29 is 13.2 Å². The number of hydrogen-bond donors (Lipinski definition) is 1. The summed E-state index contributed by atoms with van der Waals surface area (Å²) < 4.78 is 27.7. The normalized spacial score (nSPS) is 15.2. The maximum absolute atomic E-state index is 12.8. The Kier molecular flexibility index (Phi) is 5.94. The highest BCUT2D eigenvalue weighted by atomic mass is 79.9. The monoisotopic (exact) mass is 476 g/mol. The van der Waals surface area contributed by atoms with Crippen LogP contribution in [-0.4, -0.2) is 31.7 Å². The van der Waals surface area contributed by atoms with E-state index in [1.165, 1.54) is 22.5 Å². The molecule has 1 N–H and O–H groups in total. The van der Waals surface area contributed by atoms with E-state index in [4.69, 9.17) is 23.2 Å². The lowest BCUT2D eigenvalue weighted by atomic mass is 10.2. The Morgan fingerprint density at radius 2 is 1.73 bits per heavy atom. The van der Waals surface area contributed by atoms with E-state index < -0.39 is 15.9 Å². The summed E-state index contributed by atoms with van der Waals surface area (Å²) in [4.78, 5) is 12.5. The van der Waals surface area contributed by atoms with Crippen LogP contribution in [0.5, 0.6) is 0 Å². The number of carbonyl (C=O) groups excluding carboxylic acids is 1. The van der Waals surface area contributed by atoms with Gasteiger partial charge in [0.25, 0.3) is 5.91 Å². The molecule has 0 unspecified atom stereocenters. The first-order valence-electron chi connectivity index (χ1n) is 7.85. The molecule has 0 bridgehead atoms. The third-order valence-electron chi connectivity index (χ3n) is 4.06. The summed E-state index contributed by atoms with van der Waals surface area (Å²) in [6.07, 6.45) is 1.64. The maximum atomic E-state index is 12.8. The number of sulfonamides is 1. The van der Waals surface area contributed by atoms with Crippen molar-refractivity contribution in [3.05, 3.63) is 56.5 Å². The maximum Gasteiger partial charge on any atom is 0.255 e. The Balaban J connectivity index is 1.90. The van der Waals surface area contributed by atoms with Gasteiger partial charge in [-0.2, -0.15) is 4.31 Å². The molecule has 1 aliphatic rings. The Morgan fingerprint density at radius 3 is 2.38 bits per heavy atom. The van der Waals surface area contributed by atoms with Gasteiger partial charge in [0.05, 0.1) is 15.7 Å². The molecule has 1 saturated heterocycles. The minimum atomic E-state index is -3.72. The summed E-state index contributed by atoms with van der Waals surface area (Å²) in [5, 5.41) is 3.14. The molecule has 1 fully saturated rings. The van der Waals surface area contributed by atoms with Crippen LogP contribution in [0.3, 0.4) is 0 Å². The summed E-state index contributed by atoms with van der Waals surface area (Å²) in [5.41, 5.74) is 0.616. The average molecular weight is 478 g/mol. The van der Waals surface area contributed by atoms with E-state index in [9.17, 15) is 13.2 Å². The number of halogens is 3. The van der Waals surface area contributed by atoms with Gasteiger partial charge in [-0.15, -0.1) is 0 Å². The van der Waals surface area contributed by atoms with E-state index in [2.05, 4.69) is 21.2 Å². The van der Waals surface area contributed by atoms with E-state index in [0.717, 1.165) is 17.3 Å². The molecule has 0 atom stereocenters. The van der Waals surface area contributed by atoms with Gasteiger partial charge in [-0.25, -0.2) is 8.42 Å². The van der Waals surface area contributed by atoms with Crippen molar-refractivity contribution in [2.75, 3.05) is 18.4 Å². The van der Waals surface area contributed by atoms with E-state index in [0.29, 0.717) is 23.8 Å². The molecule has 0 radical (unpaired) electrons. The van der Waals surface area contributed by atoms with E-state index >= 15 is 0 Å². The number of amides is 1. The molecule has 2 aromatic rings.